The molecule has 1 saturated heterocycles. The molecule has 5 rings (SSSR count). The molecule has 0 aliphatic carbocycles. The number of ether oxygens (including phenoxy) is 2. The molecule has 2 aromatic carbocycles. The number of fused-ring (bicyclic) bond motifs is 1. The van der Waals surface area contributed by atoms with E-state index in [-0.39, 0.29) is 24.3 Å². The molecular formula is C27H27N3O5. The smallest absolute Gasteiger partial charge is 0.325 e. The van der Waals surface area contributed by atoms with Crippen molar-refractivity contribution in [2.24, 2.45) is 0 Å². The maximum absolute atomic E-state index is 13.2. The number of carbonyl (C=O) groups is 3. The molecule has 0 radical (unpaired) electrons. The molecule has 8 nitrogen and oxygen atoms in total. The summed E-state index contributed by atoms with van der Waals surface area (Å²) in [6.45, 7) is 4.41. The van der Waals surface area contributed by atoms with Crippen LogP contribution in [0.2, 0.25) is 0 Å². The number of nitrogens with zero attached hydrogens (tertiary/aromatic N) is 2. The molecule has 1 fully saturated rings. The molecule has 1 aromatic heterocycles. The quantitative estimate of drug-likeness (QED) is 0.420. The molecule has 0 spiro atoms. The Balaban J connectivity index is 1.26. The number of Topliss-reactive ketones (excluding diaryl/α,β-unsaturated/α-hetero) is 1. The monoisotopic (exact) mass is 473 g/mol. The fourth-order valence-electron chi connectivity index (χ4n) is 4.66. The number of rotatable bonds is 7. The van der Waals surface area contributed by atoms with Crippen molar-refractivity contribution in [2.45, 2.75) is 39.0 Å². The second-order valence-electron chi connectivity index (χ2n) is 8.93. The Bertz CT molecular complexity index is 1280. The fourth-order valence-corrected chi connectivity index (χ4v) is 4.66. The van der Waals surface area contributed by atoms with E-state index in [9.17, 15) is 14.4 Å². The molecule has 2 atom stereocenters. The number of ketones is 1. The van der Waals surface area contributed by atoms with Gasteiger partial charge < -0.3 is 19.4 Å². The zero-order valence-electron chi connectivity index (χ0n) is 19.7. The van der Waals surface area contributed by atoms with E-state index in [2.05, 4.69) is 5.32 Å². The number of nitrogens with one attached hydrogen (secondary N) is 1. The highest BCUT2D eigenvalue weighted by Gasteiger charge is 2.39. The minimum Gasteiger partial charge on any atom is -0.486 e. The lowest BCUT2D eigenvalue weighted by molar-refractivity contribution is -0.127. The van der Waals surface area contributed by atoms with Crippen LogP contribution in [0.4, 0.5) is 4.79 Å². The van der Waals surface area contributed by atoms with Crippen molar-refractivity contribution >= 4 is 17.7 Å². The van der Waals surface area contributed by atoms with Gasteiger partial charge in [-0.05, 0) is 37.6 Å². The van der Waals surface area contributed by atoms with Gasteiger partial charge in [0.2, 0.25) is 0 Å². The molecule has 3 aromatic rings. The van der Waals surface area contributed by atoms with E-state index in [1.165, 1.54) is 0 Å². The molecule has 180 valence electrons. The first-order valence-electron chi connectivity index (χ1n) is 11.6. The van der Waals surface area contributed by atoms with Crippen LogP contribution in [0, 0.1) is 13.8 Å². The summed E-state index contributed by atoms with van der Waals surface area (Å²) < 4.78 is 13.9. The zero-order valence-corrected chi connectivity index (χ0v) is 19.7. The summed E-state index contributed by atoms with van der Waals surface area (Å²) in [6.07, 6.45) is 0.180. The van der Waals surface area contributed by atoms with Gasteiger partial charge in [-0.2, -0.15) is 0 Å². The van der Waals surface area contributed by atoms with E-state index < -0.39 is 12.1 Å². The largest absolute Gasteiger partial charge is 0.486 e. The number of aromatic nitrogens is 1. The van der Waals surface area contributed by atoms with Crippen LogP contribution in [0.1, 0.15) is 27.3 Å². The van der Waals surface area contributed by atoms with Gasteiger partial charge in [0.1, 0.15) is 12.6 Å². The highest BCUT2D eigenvalue weighted by molar-refractivity contribution is 6.09. The van der Waals surface area contributed by atoms with Crippen molar-refractivity contribution in [3.05, 3.63) is 83.2 Å². The number of hydrogen-bond acceptors (Lipinski definition) is 5. The van der Waals surface area contributed by atoms with E-state index in [0.717, 1.165) is 27.6 Å². The molecule has 0 saturated carbocycles. The van der Waals surface area contributed by atoms with E-state index in [1.54, 1.807) is 6.07 Å². The third kappa shape index (κ3) is 4.51. The van der Waals surface area contributed by atoms with Crippen LogP contribution in [0.3, 0.4) is 0 Å². The van der Waals surface area contributed by atoms with Gasteiger partial charge in [0, 0.05) is 23.4 Å². The van der Waals surface area contributed by atoms with Crippen molar-refractivity contribution < 1.29 is 23.9 Å². The Morgan fingerprint density at radius 1 is 1.03 bits per heavy atom. The summed E-state index contributed by atoms with van der Waals surface area (Å²) in [6, 6.07) is 17.6. The maximum atomic E-state index is 13.2. The predicted octanol–water partition coefficient (Wildman–Crippen LogP) is 3.29. The van der Waals surface area contributed by atoms with Gasteiger partial charge in [-0.25, -0.2) is 4.79 Å². The number of imide groups is 1. The molecule has 0 unspecified atom stereocenters. The summed E-state index contributed by atoms with van der Waals surface area (Å²) in [5.41, 5.74) is 3.10. The second kappa shape index (κ2) is 9.29. The standard InChI is InChI=1S/C27H27N3O5/c1-17-12-21(18(2)29(17)14-20-16-34-24-10-6-7-11-25(24)35-20)23(31)15-30-26(32)22(28-27(30)33)13-19-8-4-3-5-9-19/h3-12,20,22H,13-16H2,1-2H3,(H,28,33)/t20-,22+/m0/s1. The molecule has 8 heteroatoms. The summed E-state index contributed by atoms with van der Waals surface area (Å²) in [7, 11) is 0. The Morgan fingerprint density at radius 3 is 2.51 bits per heavy atom. The lowest BCUT2D eigenvalue weighted by Gasteiger charge is -2.27. The summed E-state index contributed by atoms with van der Waals surface area (Å²) >= 11 is 0. The van der Waals surface area contributed by atoms with Crippen molar-refractivity contribution in [3.63, 3.8) is 0 Å². The van der Waals surface area contributed by atoms with Crippen LogP contribution in [-0.4, -0.2) is 52.5 Å². The normalized spacial score (nSPS) is 19.1. The second-order valence-corrected chi connectivity index (χ2v) is 8.93. The van der Waals surface area contributed by atoms with E-state index in [4.69, 9.17) is 9.47 Å². The first-order valence-corrected chi connectivity index (χ1v) is 11.6. The van der Waals surface area contributed by atoms with Crippen LogP contribution in [-0.2, 0) is 17.8 Å². The van der Waals surface area contributed by atoms with Crippen LogP contribution in [0.15, 0.2) is 60.7 Å². The number of hydrogen-bond donors (Lipinski definition) is 1. The first kappa shape index (κ1) is 22.7. The predicted molar refractivity (Wildman–Crippen MR) is 129 cm³/mol. The number of carbonyl (C=O) groups excluding carboxylic acids is 3. The number of urea groups is 1. The topological polar surface area (TPSA) is 89.9 Å². The van der Waals surface area contributed by atoms with E-state index in [1.807, 2.05) is 73.0 Å². The van der Waals surface area contributed by atoms with Crippen molar-refractivity contribution in [2.75, 3.05) is 13.2 Å². The number of benzene rings is 2. The van der Waals surface area contributed by atoms with Gasteiger partial charge in [-0.1, -0.05) is 42.5 Å². The maximum Gasteiger partial charge on any atom is 0.325 e. The van der Waals surface area contributed by atoms with Gasteiger partial charge >= 0.3 is 6.03 Å². The number of para-hydroxylation sites is 2. The average molecular weight is 474 g/mol. The first-order chi connectivity index (χ1) is 16.9. The highest BCUT2D eigenvalue weighted by atomic mass is 16.6. The Kier molecular flexibility index (Phi) is 6.03. The molecule has 35 heavy (non-hydrogen) atoms. The third-order valence-corrected chi connectivity index (χ3v) is 6.52. The van der Waals surface area contributed by atoms with E-state index in [0.29, 0.717) is 30.9 Å². The minimum atomic E-state index is -0.670. The molecule has 2 aliphatic heterocycles. The van der Waals surface area contributed by atoms with Crippen molar-refractivity contribution in [1.82, 2.24) is 14.8 Å². The van der Waals surface area contributed by atoms with Crippen LogP contribution in [0.5, 0.6) is 11.5 Å². The summed E-state index contributed by atoms with van der Waals surface area (Å²) in [5.74, 6) is 0.762. The van der Waals surface area contributed by atoms with Crippen LogP contribution < -0.4 is 14.8 Å². The van der Waals surface area contributed by atoms with Crippen molar-refractivity contribution in [1.29, 1.82) is 0 Å². The van der Waals surface area contributed by atoms with Gasteiger partial charge in [-0.3, -0.25) is 14.5 Å². The fraction of sp³-hybridized carbons (Fsp3) is 0.296. The molecule has 2 aliphatic rings. The third-order valence-electron chi connectivity index (χ3n) is 6.52. The molecule has 1 N–H and O–H groups in total. The molecule has 3 heterocycles. The summed E-state index contributed by atoms with van der Waals surface area (Å²) in [4.78, 5) is 39.5. The van der Waals surface area contributed by atoms with Gasteiger partial charge in [-0.15, -0.1) is 0 Å². The highest BCUT2D eigenvalue weighted by Crippen LogP contribution is 2.31. The average Bonchev–Trinajstić information content (AvgIpc) is 3.29. The van der Waals surface area contributed by atoms with Gasteiger partial charge in [0.25, 0.3) is 5.91 Å². The lowest BCUT2D eigenvalue weighted by Crippen LogP contribution is -2.36. The Morgan fingerprint density at radius 2 is 1.74 bits per heavy atom. The molecule has 3 amide bonds. The van der Waals surface area contributed by atoms with Crippen molar-refractivity contribution in [3.8, 4) is 11.5 Å². The SMILES string of the molecule is Cc1cc(C(=O)CN2C(=O)N[C@H](Cc3ccccc3)C2=O)c(C)n1C[C@H]1COc2ccccc2O1. The summed E-state index contributed by atoms with van der Waals surface area (Å²) in [5, 5.41) is 2.70. The number of aryl methyl sites for hydroxylation is 1. The van der Waals surface area contributed by atoms with Gasteiger partial charge in [0.15, 0.2) is 23.4 Å². The van der Waals surface area contributed by atoms with Crippen LogP contribution >= 0.6 is 0 Å². The van der Waals surface area contributed by atoms with Crippen LogP contribution in [0.25, 0.3) is 0 Å². The Labute approximate surface area is 203 Å². The minimum absolute atomic E-state index is 0.206. The molecule has 0 bridgehead atoms. The lowest BCUT2D eigenvalue weighted by atomic mass is 10.1. The Hall–Kier alpha value is -4.07. The molecular weight excluding hydrogens is 446 g/mol. The number of amides is 3. The zero-order chi connectivity index (χ0) is 24.5. The van der Waals surface area contributed by atoms with E-state index >= 15 is 0 Å². The van der Waals surface area contributed by atoms with Gasteiger partial charge in [0.05, 0.1) is 13.1 Å².